The Morgan fingerprint density at radius 2 is 1.69 bits per heavy atom. The predicted molar refractivity (Wildman–Crippen MR) is 112 cm³/mol. The molecule has 1 saturated heterocycles. The highest BCUT2D eigenvalue weighted by Gasteiger charge is 2.27. The summed E-state index contributed by atoms with van der Waals surface area (Å²) in [4.78, 5) is 25.7. The summed E-state index contributed by atoms with van der Waals surface area (Å²) in [6.45, 7) is 0.929. The Kier molecular flexibility index (Phi) is 7.26. The van der Waals surface area contributed by atoms with E-state index in [0.717, 1.165) is 13.2 Å². The highest BCUT2D eigenvalue weighted by molar-refractivity contribution is 7.89. The lowest BCUT2D eigenvalue weighted by Gasteiger charge is -2.26. The van der Waals surface area contributed by atoms with E-state index in [1.807, 2.05) is 10.3 Å². The number of nitrogens with zero attached hydrogens (tertiary/aromatic N) is 1. The number of hydrogen-bond acceptors (Lipinski definition) is 8. The maximum atomic E-state index is 12.8. The Morgan fingerprint density at radius 3 is 2.38 bits per heavy atom. The van der Waals surface area contributed by atoms with E-state index < -0.39 is 36.8 Å². The van der Waals surface area contributed by atoms with Crippen molar-refractivity contribution < 1.29 is 35.9 Å². The van der Waals surface area contributed by atoms with Gasteiger partial charge in [-0.1, -0.05) is 18.2 Å². The van der Waals surface area contributed by atoms with Crippen LogP contribution in [-0.2, 0) is 29.5 Å². The summed E-state index contributed by atoms with van der Waals surface area (Å²) >= 11 is 0. The molecule has 11 nitrogen and oxygen atoms in total. The molecule has 1 heterocycles. The van der Waals surface area contributed by atoms with Gasteiger partial charge in [0.25, 0.3) is 15.9 Å². The number of hydrazine groups is 1. The minimum absolute atomic E-state index is 0.0803. The highest BCUT2D eigenvalue weighted by Crippen LogP contribution is 2.19. The molecule has 0 bridgehead atoms. The van der Waals surface area contributed by atoms with Crippen molar-refractivity contribution in [3.05, 3.63) is 59.7 Å². The molecule has 3 rings (SSSR count). The minimum atomic E-state index is -4.33. The van der Waals surface area contributed by atoms with Gasteiger partial charge in [0, 0.05) is 18.7 Å². The van der Waals surface area contributed by atoms with E-state index in [2.05, 4.69) is 4.74 Å². The van der Waals surface area contributed by atoms with E-state index in [4.69, 9.17) is 4.74 Å². The second kappa shape index (κ2) is 9.75. The van der Waals surface area contributed by atoms with Crippen molar-refractivity contribution in [3.8, 4) is 0 Å². The summed E-state index contributed by atoms with van der Waals surface area (Å²) in [5.74, 6) is -1.75. The molecular weight excluding hydrogens is 462 g/mol. The number of methoxy groups -OCH3 is 1. The second-order valence-electron chi connectivity index (χ2n) is 6.59. The van der Waals surface area contributed by atoms with Gasteiger partial charge in [0.1, 0.15) is 0 Å². The third-order valence-corrected chi connectivity index (χ3v) is 7.79. The SMILES string of the molecule is COC(=O)c1ccccc1S(=O)(=O)NNC(=O)c1cccc(S(=O)(=O)N2CCOCC2)c1. The molecule has 1 aliphatic heterocycles. The fraction of sp³-hybridized carbons (Fsp3) is 0.263. The summed E-state index contributed by atoms with van der Waals surface area (Å²) in [6.07, 6.45) is 0. The summed E-state index contributed by atoms with van der Waals surface area (Å²) in [5, 5.41) is 0. The third kappa shape index (κ3) is 5.14. The number of carbonyl (C=O) groups excluding carboxylic acids is 2. The molecule has 2 aromatic rings. The Labute approximate surface area is 185 Å². The number of rotatable bonds is 7. The van der Waals surface area contributed by atoms with Crippen LogP contribution in [-0.4, -0.2) is 66.4 Å². The van der Waals surface area contributed by atoms with E-state index in [0.29, 0.717) is 0 Å². The number of amides is 1. The van der Waals surface area contributed by atoms with Gasteiger partial charge in [0.2, 0.25) is 10.0 Å². The van der Waals surface area contributed by atoms with Gasteiger partial charge >= 0.3 is 5.97 Å². The molecule has 0 unspecified atom stereocenters. The zero-order chi connectivity index (χ0) is 23.4. The van der Waals surface area contributed by atoms with Gasteiger partial charge in [-0.3, -0.25) is 10.2 Å². The van der Waals surface area contributed by atoms with Crippen LogP contribution in [0.2, 0.25) is 0 Å². The Balaban J connectivity index is 1.77. The average Bonchev–Trinajstić information content (AvgIpc) is 2.82. The van der Waals surface area contributed by atoms with Crippen LogP contribution in [0.5, 0.6) is 0 Å². The van der Waals surface area contributed by atoms with Crippen molar-refractivity contribution in [1.29, 1.82) is 0 Å². The first-order valence-corrected chi connectivity index (χ1v) is 12.3. The van der Waals surface area contributed by atoms with Crippen molar-refractivity contribution in [2.24, 2.45) is 0 Å². The second-order valence-corrected chi connectivity index (χ2v) is 10.2. The largest absolute Gasteiger partial charge is 0.465 e. The molecule has 13 heteroatoms. The molecule has 2 aromatic carbocycles. The Hall–Kier alpha value is -2.84. The fourth-order valence-corrected chi connectivity index (χ4v) is 5.44. The van der Waals surface area contributed by atoms with Crippen molar-refractivity contribution >= 4 is 31.9 Å². The van der Waals surface area contributed by atoms with E-state index in [9.17, 15) is 26.4 Å². The van der Waals surface area contributed by atoms with E-state index >= 15 is 0 Å². The van der Waals surface area contributed by atoms with Crippen molar-refractivity contribution in [2.75, 3.05) is 33.4 Å². The van der Waals surface area contributed by atoms with Gasteiger partial charge in [-0.05, 0) is 30.3 Å². The lowest BCUT2D eigenvalue weighted by Crippen LogP contribution is -2.42. The maximum absolute atomic E-state index is 12.8. The number of benzene rings is 2. The van der Waals surface area contributed by atoms with Crippen LogP contribution in [0.15, 0.2) is 58.3 Å². The van der Waals surface area contributed by atoms with Crippen molar-refractivity contribution in [3.63, 3.8) is 0 Å². The summed E-state index contributed by atoms with van der Waals surface area (Å²) in [7, 11) is -7.06. The number of ether oxygens (including phenoxy) is 2. The summed E-state index contributed by atoms with van der Waals surface area (Å²) in [6, 6.07) is 10.5. The molecule has 0 saturated carbocycles. The van der Waals surface area contributed by atoms with Crippen LogP contribution in [0.25, 0.3) is 0 Å². The number of nitrogens with one attached hydrogen (secondary N) is 2. The monoisotopic (exact) mass is 483 g/mol. The van der Waals surface area contributed by atoms with Crippen molar-refractivity contribution in [1.82, 2.24) is 14.6 Å². The lowest BCUT2D eigenvalue weighted by atomic mass is 10.2. The molecule has 1 amide bonds. The van der Waals surface area contributed by atoms with Crippen LogP contribution in [0.3, 0.4) is 0 Å². The molecular formula is C19H21N3O8S2. The smallest absolute Gasteiger partial charge is 0.339 e. The first-order valence-electron chi connectivity index (χ1n) is 9.34. The van der Waals surface area contributed by atoms with Crippen LogP contribution < -0.4 is 10.3 Å². The lowest BCUT2D eigenvalue weighted by molar-refractivity contribution is 0.0596. The molecule has 0 radical (unpaired) electrons. The van der Waals surface area contributed by atoms with Crippen LogP contribution in [0.1, 0.15) is 20.7 Å². The van der Waals surface area contributed by atoms with Gasteiger partial charge in [-0.2, -0.15) is 4.31 Å². The number of esters is 1. The molecule has 32 heavy (non-hydrogen) atoms. The number of sulfonamides is 2. The Morgan fingerprint density at radius 1 is 1.00 bits per heavy atom. The maximum Gasteiger partial charge on any atom is 0.339 e. The summed E-state index contributed by atoms with van der Waals surface area (Å²) < 4.78 is 61.7. The molecule has 1 fully saturated rings. The standard InChI is InChI=1S/C19H21N3O8S2/c1-29-19(24)16-7-2-3-8-17(16)31(25,26)21-20-18(23)14-5-4-6-15(13-14)32(27,28)22-9-11-30-12-10-22/h2-8,13,21H,9-12H2,1H3,(H,20,23). The zero-order valence-electron chi connectivity index (χ0n) is 17.0. The van der Waals surface area contributed by atoms with Gasteiger partial charge in [0.15, 0.2) is 0 Å². The molecule has 0 aromatic heterocycles. The van der Waals surface area contributed by atoms with E-state index in [1.165, 1.54) is 46.8 Å². The van der Waals surface area contributed by atoms with Crippen LogP contribution in [0, 0.1) is 0 Å². The van der Waals surface area contributed by atoms with Gasteiger partial charge in [0.05, 0.1) is 35.7 Å². The third-order valence-electron chi connectivity index (χ3n) is 4.58. The van der Waals surface area contributed by atoms with Crippen molar-refractivity contribution in [2.45, 2.75) is 9.79 Å². The molecule has 1 aliphatic rings. The molecule has 0 spiro atoms. The molecule has 0 atom stereocenters. The number of morpholine rings is 1. The Bertz CT molecular complexity index is 1220. The predicted octanol–water partition coefficient (Wildman–Crippen LogP) is 0.117. The minimum Gasteiger partial charge on any atom is -0.465 e. The van der Waals surface area contributed by atoms with Crippen LogP contribution >= 0.6 is 0 Å². The first-order chi connectivity index (χ1) is 15.2. The van der Waals surface area contributed by atoms with E-state index in [-0.39, 0.29) is 42.3 Å². The highest BCUT2D eigenvalue weighted by atomic mass is 32.2. The van der Waals surface area contributed by atoms with Gasteiger partial charge < -0.3 is 9.47 Å². The summed E-state index contributed by atoms with van der Waals surface area (Å²) in [5.41, 5.74) is 1.73. The molecule has 0 aliphatic carbocycles. The average molecular weight is 484 g/mol. The van der Waals surface area contributed by atoms with Crippen LogP contribution in [0.4, 0.5) is 0 Å². The number of carbonyl (C=O) groups is 2. The molecule has 172 valence electrons. The quantitative estimate of drug-likeness (QED) is 0.417. The van der Waals surface area contributed by atoms with Gasteiger partial charge in [-0.25, -0.2) is 21.6 Å². The fourth-order valence-electron chi connectivity index (χ4n) is 2.95. The first kappa shape index (κ1) is 23.8. The van der Waals surface area contributed by atoms with E-state index in [1.54, 1.807) is 0 Å². The normalized spacial score (nSPS) is 15.2. The zero-order valence-corrected chi connectivity index (χ0v) is 18.6. The van der Waals surface area contributed by atoms with Gasteiger partial charge in [-0.15, -0.1) is 4.83 Å². The number of hydrogen-bond donors (Lipinski definition) is 2. The molecule has 2 N–H and O–H groups in total. The topological polar surface area (TPSA) is 148 Å².